The third-order valence-corrected chi connectivity index (χ3v) is 2.61. The number of amides is 1. The minimum Gasteiger partial charge on any atom is -0.354 e. The number of rotatable bonds is 4. The monoisotopic (exact) mass is 338 g/mol. The smallest absolute Gasteiger partial charge is 0.239 e. The first-order valence-electron chi connectivity index (χ1n) is 5.55. The van der Waals surface area contributed by atoms with Gasteiger partial charge in [0.2, 0.25) is 5.91 Å². The molecular weight excluding hydrogens is 319 g/mol. The Morgan fingerprint density at radius 1 is 1.56 bits per heavy atom. The fourth-order valence-electron chi connectivity index (χ4n) is 1.47. The van der Waals surface area contributed by atoms with E-state index in [0.717, 1.165) is 25.0 Å². The van der Waals surface area contributed by atoms with Crippen molar-refractivity contribution in [1.82, 2.24) is 16.0 Å². The molecule has 0 saturated heterocycles. The van der Waals surface area contributed by atoms with Crippen molar-refractivity contribution in [2.24, 2.45) is 10.9 Å². The molecule has 6 heteroatoms. The van der Waals surface area contributed by atoms with Gasteiger partial charge in [0.15, 0.2) is 5.96 Å². The third-order valence-electron chi connectivity index (χ3n) is 2.61. The lowest BCUT2D eigenvalue weighted by Gasteiger charge is -2.08. The number of nitrogens with zero attached hydrogens (tertiary/aromatic N) is 1. The molecule has 16 heavy (non-hydrogen) atoms. The first kappa shape index (κ1) is 13.5. The molecule has 1 heterocycles. The van der Waals surface area contributed by atoms with E-state index in [1.807, 2.05) is 0 Å². The van der Waals surface area contributed by atoms with Crippen LogP contribution in [0.4, 0.5) is 0 Å². The summed E-state index contributed by atoms with van der Waals surface area (Å²) in [5, 5.41) is 9.02. The molecule has 3 N–H and O–H groups in total. The van der Waals surface area contributed by atoms with Crippen LogP contribution in [-0.2, 0) is 4.79 Å². The van der Waals surface area contributed by atoms with Gasteiger partial charge in [-0.3, -0.25) is 9.79 Å². The van der Waals surface area contributed by atoms with Crippen molar-refractivity contribution in [2.75, 3.05) is 19.6 Å². The maximum Gasteiger partial charge on any atom is 0.239 e. The lowest BCUT2D eigenvalue weighted by atomic mass is 10.4. The van der Waals surface area contributed by atoms with Gasteiger partial charge in [0.1, 0.15) is 0 Å². The molecule has 0 aromatic heterocycles. The number of carbonyl (C=O) groups excluding carboxylic acids is 1. The van der Waals surface area contributed by atoms with E-state index in [0.29, 0.717) is 12.6 Å². The summed E-state index contributed by atoms with van der Waals surface area (Å²) in [5.41, 5.74) is 0. The van der Waals surface area contributed by atoms with Crippen LogP contribution in [0.5, 0.6) is 0 Å². The van der Waals surface area contributed by atoms with Crippen molar-refractivity contribution in [1.29, 1.82) is 0 Å². The van der Waals surface area contributed by atoms with E-state index in [1.54, 1.807) is 0 Å². The Balaban J connectivity index is 0.00000128. The summed E-state index contributed by atoms with van der Waals surface area (Å²) in [6, 6.07) is 0.377. The van der Waals surface area contributed by atoms with E-state index in [9.17, 15) is 4.79 Å². The summed E-state index contributed by atoms with van der Waals surface area (Å²) >= 11 is 0. The van der Waals surface area contributed by atoms with Gasteiger partial charge in [0, 0.05) is 12.6 Å². The van der Waals surface area contributed by atoms with Crippen LogP contribution < -0.4 is 16.0 Å². The normalized spacial score (nSPS) is 22.8. The molecule has 1 aliphatic heterocycles. The Hall–Kier alpha value is -0.530. The molecular formula is C10H19IN4O. The second kappa shape index (κ2) is 6.27. The molecule has 0 radical (unpaired) electrons. The summed E-state index contributed by atoms with van der Waals surface area (Å²) in [5.74, 6) is 1.52. The molecule has 1 unspecified atom stereocenters. The standard InChI is InChI=1S/C10H18N4O.HI/c1-7-4-12-10(14-7)13-6-9(15)11-5-8-2-3-8;/h7-8H,2-6H2,1H3,(H,11,15)(H2,12,13,14);1H. The van der Waals surface area contributed by atoms with Crippen molar-refractivity contribution < 1.29 is 4.79 Å². The molecule has 5 nitrogen and oxygen atoms in total. The molecule has 2 aliphatic rings. The predicted octanol–water partition coefficient (Wildman–Crippen LogP) is 0.0679. The van der Waals surface area contributed by atoms with Crippen LogP contribution in [0.3, 0.4) is 0 Å². The molecule has 92 valence electrons. The molecule has 1 amide bonds. The van der Waals surface area contributed by atoms with Crippen LogP contribution >= 0.6 is 24.0 Å². The van der Waals surface area contributed by atoms with Gasteiger partial charge >= 0.3 is 0 Å². The molecule has 0 aromatic carbocycles. The Kier molecular flexibility index (Phi) is 5.30. The second-order valence-electron chi connectivity index (χ2n) is 4.34. The molecule has 0 aromatic rings. The topological polar surface area (TPSA) is 65.5 Å². The highest BCUT2D eigenvalue weighted by Gasteiger charge is 2.21. The van der Waals surface area contributed by atoms with Crippen molar-refractivity contribution >= 4 is 35.8 Å². The van der Waals surface area contributed by atoms with E-state index >= 15 is 0 Å². The van der Waals surface area contributed by atoms with Crippen LogP contribution in [0, 0.1) is 5.92 Å². The SMILES string of the molecule is CC1CN=C(NCC(=O)NCC2CC2)N1.I. The number of hydrogen-bond donors (Lipinski definition) is 3. The minimum absolute atomic E-state index is 0. The molecule has 0 bridgehead atoms. The van der Waals surface area contributed by atoms with E-state index < -0.39 is 0 Å². The minimum atomic E-state index is 0. The van der Waals surface area contributed by atoms with Crippen LogP contribution in [0.15, 0.2) is 4.99 Å². The molecule has 1 saturated carbocycles. The predicted molar refractivity (Wildman–Crippen MR) is 74.1 cm³/mol. The molecule has 1 aliphatic carbocycles. The van der Waals surface area contributed by atoms with Crippen LogP contribution in [0.25, 0.3) is 0 Å². The van der Waals surface area contributed by atoms with Crippen LogP contribution in [0.2, 0.25) is 0 Å². The Bertz CT molecular complexity index is 278. The number of hydrogen-bond acceptors (Lipinski definition) is 4. The van der Waals surface area contributed by atoms with Gasteiger partial charge in [-0.2, -0.15) is 0 Å². The summed E-state index contributed by atoms with van der Waals surface area (Å²) in [4.78, 5) is 15.6. The van der Waals surface area contributed by atoms with Crippen molar-refractivity contribution in [2.45, 2.75) is 25.8 Å². The molecule has 0 spiro atoms. The highest BCUT2D eigenvalue weighted by atomic mass is 127. The highest BCUT2D eigenvalue weighted by molar-refractivity contribution is 14.0. The first-order chi connectivity index (χ1) is 7.24. The maximum atomic E-state index is 11.4. The average Bonchev–Trinajstić information content (AvgIpc) is 2.95. The van der Waals surface area contributed by atoms with Gasteiger partial charge < -0.3 is 16.0 Å². The Morgan fingerprint density at radius 2 is 2.31 bits per heavy atom. The third kappa shape index (κ3) is 4.54. The number of guanidine groups is 1. The molecule has 1 atom stereocenters. The van der Waals surface area contributed by atoms with E-state index in [1.165, 1.54) is 12.8 Å². The highest BCUT2D eigenvalue weighted by Crippen LogP contribution is 2.27. The summed E-state index contributed by atoms with van der Waals surface area (Å²) < 4.78 is 0. The second-order valence-corrected chi connectivity index (χ2v) is 4.34. The average molecular weight is 338 g/mol. The fourth-order valence-corrected chi connectivity index (χ4v) is 1.47. The largest absolute Gasteiger partial charge is 0.354 e. The van der Waals surface area contributed by atoms with E-state index in [2.05, 4.69) is 27.9 Å². The first-order valence-corrected chi connectivity index (χ1v) is 5.55. The zero-order valence-electron chi connectivity index (χ0n) is 9.45. The van der Waals surface area contributed by atoms with Crippen LogP contribution in [-0.4, -0.2) is 37.5 Å². The number of aliphatic imine (C=N–C) groups is 1. The summed E-state index contributed by atoms with van der Waals surface area (Å²) in [6.45, 7) is 3.99. The number of halogens is 1. The maximum absolute atomic E-state index is 11.4. The molecule has 2 rings (SSSR count). The van der Waals surface area contributed by atoms with Gasteiger partial charge in [-0.05, 0) is 25.7 Å². The zero-order valence-corrected chi connectivity index (χ0v) is 11.8. The molecule has 1 fully saturated rings. The quantitative estimate of drug-likeness (QED) is 0.636. The van der Waals surface area contributed by atoms with Gasteiger partial charge in [0.05, 0.1) is 13.1 Å². The Labute approximate surface area is 113 Å². The van der Waals surface area contributed by atoms with Gasteiger partial charge in [-0.1, -0.05) is 0 Å². The van der Waals surface area contributed by atoms with Gasteiger partial charge in [-0.25, -0.2) is 0 Å². The van der Waals surface area contributed by atoms with Crippen molar-refractivity contribution in [3.63, 3.8) is 0 Å². The number of nitrogens with one attached hydrogen (secondary N) is 3. The van der Waals surface area contributed by atoms with Crippen LogP contribution in [0.1, 0.15) is 19.8 Å². The zero-order chi connectivity index (χ0) is 10.7. The van der Waals surface area contributed by atoms with Crippen molar-refractivity contribution in [3.05, 3.63) is 0 Å². The lowest BCUT2D eigenvalue weighted by molar-refractivity contribution is -0.120. The lowest BCUT2D eigenvalue weighted by Crippen LogP contribution is -2.43. The van der Waals surface area contributed by atoms with Gasteiger partial charge in [-0.15, -0.1) is 24.0 Å². The number of carbonyl (C=O) groups is 1. The summed E-state index contributed by atoms with van der Waals surface area (Å²) in [7, 11) is 0. The van der Waals surface area contributed by atoms with Crippen molar-refractivity contribution in [3.8, 4) is 0 Å². The summed E-state index contributed by atoms with van der Waals surface area (Å²) in [6.07, 6.45) is 2.53. The fraction of sp³-hybridized carbons (Fsp3) is 0.800. The van der Waals surface area contributed by atoms with Gasteiger partial charge in [0.25, 0.3) is 0 Å². The van der Waals surface area contributed by atoms with E-state index in [4.69, 9.17) is 0 Å². The van der Waals surface area contributed by atoms with E-state index in [-0.39, 0.29) is 29.9 Å². The Morgan fingerprint density at radius 3 is 2.88 bits per heavy atom.